The summed E-state index contributed by atoms with van der Waals surface area (Å²) in [4.78, 5) is 31.0. The number of anilines is 1. The van der Waals surface area contributed by atoms with Crippen molar-refractivity contribution in [1.82, 2.24) is 9.80 Å². The van der Waals surface area contributed by atoms with Gasteiger partial charge < -0.3 is 19.4 Å². The zero-order chi connectivity index (χ0) is 17.1. The second-order valence-electron chi connectivity index (χ2n) is 6.36. The Labute approximate surface area is 143 Å². The molecule has 0 aromatic heterocycles. The van der Waals surface area contributed by atoms with Crippen molar-refractivity contribution in [1.29, 1.82) is 0 Å². The average Bonchev–Trinajstić information content (AvgIpc) is 3.03. The predicted molar refractivity (Wildman–Crippen MR) is 92.1 cm³/mol. The molecule has 2 heterocycles. The molecule has 130 valence electrons. The van der Waals surface area contributed by atoms with Gasteiger partial charge in [0.2, 0.25) is 11.8 Å². The summed E-state index contributed by atoms with van der Waals surface area (Å²) in [5.74, 6) is 0.667. The zero-order valence-corrected chi connectivity index (χ0v) is 14.4. The van der Waals surface area contributed by atoms with Crippen LogP contribution in [-0.2, 0) is 9.59 Å². The van der Waals surface area contributed by atoms with Gasteiger partial charge in [-0.2, -0.15) is 0 Å². The number of methoxy groups -OCH3 is 1. The van der Waals surface area contributed by atoms with Crippen LogP contribution >= 0.6 is 0 Å². The minimum atomic E-state index is -0.229. The fraction of sp³-hybridized carbons (Fsp3) is 0.556. The van der Waals surface area contributed by atoms with Gasteiger partial charge in [0.1, 0.15) is 5.75 Å². The molecule has 6 heteroatoms. The second-order valence-corrected chi connectivity index (χ2v) is 6.36. The summed E-state index contributed by atoms with van der Waals surface area (Å²) in [5.41, 5.74) is 0.826. The quantitative estimate of drug-likeness (QED) is 0.832. The number of carbonyl (C=O) groups is 2. The molecule has 1 unspecified atom stereocenters. The van der Waals surface area contributed by atoms with Crippen LogP contribution in [-0.4, -0.2) is 68.0 Å². The van der Waals surface area contributed by atoms with E-state index in [-0.39, 0.29) is 17.7 Å². The lowest BCUT2D eigenvalue weighted by Gasteiger charge is -2.35. The van der Waals surface area contributed by atoms with E-state index in [9.17, 15) is 9.59 Å². The summed E-state index contributed by atoms with van der Waals surface area (Å²) in [6, 6.07) is 7.40. The Bertz CT molecular complexity index is 594. The third-order valence-electron chi connectivity index (χ3n) is 4.99. The molecule has 0 aliphatic carbocycles. The minimum Gasteiger partial charge on any atom is -0.497 e. The van der Waals surface area contributed by atoms with Crippen molar-refractivity contribution < 1.29 is 14.3 Å². The third-order valence-corrected chi connectivity index (χ3v) is 4.99. The van der Waals surface area contributed by atoms with E-state index < -0.39 is 0 Å². The Balaban J connectivity index is 1.62. The van der Waals surface area contributed by atoms with E-state index in [0.717, 1.165) is 44.2 Å². The van der Waals surface area contributed by atoms with Crippen molar-refractivity contribution in [3.63, 3.8) is 0 Å². The Morgan fingerprint density at radius 2 is 1.83 bits per heavy atom. The van der Waals surface area contributed by atoms with Crippen molar-refractivity contribution in [3.8, 4) is 5.75 Å². The standard InChI is InChI=1S/C18H25N3O3/c1-3-19-8-10-20(11-9-19)18(23)14-12-17(22)21(13-14)15-4-6-16(24-2)7-5-15/h4-7,14H,3,8-13H2,1-2H3. The molecular formula is C18H25N3O3. The molecule has 2 saturated heterocycles. The van der Waals surface area contributed by atoms with Gasteiger partial charge in [0.25, 0.3) is 0 Å². The molecule has 1 aromatic carbocycles. The molecule has 2 amide bonds. The summed E-state index contributed by atoms with van der Waals surface area (Å²) < 4.78 is 5.15. The summed E-state index contributed by atoms with van der Waals surface area (Å²) in [6.45, 7) is 7.00. The van der Waals surface area contributed by atoms with Gasteiger partial charge in [0.15, 0.2) is 0 Å². The predicted octanol–water partition coefficient (Wildman–Crippen LogP) is 1.21. The molecule has 2 aliphatic heterocycles. The number of piperazine rings is 1. The third kappa shape index (κ3) is 3.38. The molecule has 2 fully saturated rings. The number of benzene rings is 1. The molecule has 1 atom stereocenters. The van der Waals surface area contributed by atoms with E-state index in [2.05, 4.69) is 11.8 Å². The summed E-state index contributed by atoms with van der Waals surface area (Å²) in [6.07, 6.45) is 0.304. The van der Waals surface area contributed by atoms with Gasteiger partial charge in [-0.25, -0.2) is 0 Å². The van der Waals surface area contributed by atoms with E-state index in [1.807, 2.05) is 29.2 Å². The topological polar surface area (TPSA) is 53.1 Å². The number of likely N-dealkylation sites (N-methyl/N-ethyl adjacent to an activating group) is 1. The van der Waals surface area contributed by atoms with Crippen LogP contribution in [0.5, 0.6) is 5.75 Å². The normalized spacial score (nSPS) is 22.1. The Hall–Kier alpha value is -2.08. The second kappa shape index (κ2) is 7.21. The fourth-order valence-electron chi connectivity index (χ4n) is 3.43. The van der Waals surface area contributed by atoms with E-state index in [1.54, 1.807) is 12.0 Å². The largest absolute Gasteiger partial charge is 0.497 e. The highest BCUT2D eigenvalue weighted by atomic mass is 16.5. The van der Waals surface area contributed by atoms with E-state index in [0.29, 0.717) is 13.0 Å². The Kier molecular flexibility index (Phi) is 5.04. The van der Waals surface area contributed by atoms with Crippen molar-refractivity contribution in [3.05, 3.63) is 24.3 Å². The first-order chi connectivity index (χ1) is 11.6. The number of carbonyl (C=O) groups excluding carboxylic acids is 2. The maximum Gasteiger partial charge on any atom is 0.228 e. The number of nitrogens with zero attached hydrogens (tertiary/aromatic N) is 3. The van der Waals surface area contributed by atoms with Crippen molar-refractivity contribution >= 4 is 17.5 Å². The fourth-order valence-corrected chi connectivity index (χ4v) is 3.43. The molecule has 0 bridgehead atoms. The Morgan fingerprint density at radius 3 is 2.42 bits per heavy atom. The first-order valence-corrected chi connectivity index (χ1v) is 8.58. The monoisotopic (exact) mass is 331 g/mol. The molecule has 2 aliphatic rings. The number of hydrogen-bond donors (Lipinski definition) is 0. The molecule has 6 nitrogen and oxygen atoms in total. The molecule has 1 aromatic rings. The molecule has 24 heavy (non-hydrogen) atoms. The molecule has 0 spiro atoms. The SMILES string of the molecule is CCN1CCN(C(=O)C2CC(=O)N(c3ccc(OC)cc3)C2)CC1. The summed E-state index contributed by atoms with van der Waals surface area (Å²) >= 11 is 0. The van der Waals surface area contributed by atoms with E-state index >= 15 is 0 Å². The van der Waals surface area contributed by atoms with Crippen LogP contribution in [0, 0.1) is 5.92 Å². The van der Waals surface area contributed by atoms with Gasteiger partial charge in [-0.1, -0.05) is 6.92 Å². The van der Waals surface area contributed by atoms with Crippen molar-refractivity contribution in [2.75, 3.05) is 51.3 Å². The zero-order valence-electron chi connectivity index (χ0n) is 14.4. The highest BCUT2D eigenvalue weighted by molar-refractivity contribution is 6.00. The van der Waals surface area contributed by atoms with Crippen LogP contribution < -0.4 is 9.64 Å². The molecule has 0 saturated carbocycles. The number of hydrogen-bond acceptors (Lipinski definition) is 4. The molecule has 3 rings (SSSR count). The number of amides is 2. The minimum absolute atomic E-state index is 0.0192. The van der Waals surface area contributed by atoms with Crippen molar-refractivity contribution in [2.24, 2.45) is 5.92 Å². The van der Waals surface area contributed by atoms with Gasteiger partial charge in [0.05, 0.1) is 13.0 Å². The van der Waals surface area contributed by atoms with Gasteiger partial charge >= 0.3 is 0 Å². The number of ether oxygens (including phenoxy) is 1. The average molecular weight is 331 g/mol. The number of rotatable bonds is 4. The first kappa shape index (κ1) is 16.8. The van der Waals surface area contributed by atoms with Gasteiger partial charge in [-0.3, -0.25) is 9.59 Å². The van der Waals surface area contributed by atoms with Crippen LogP contribution in [0.3, 0.4) is 0 Å². The lowest BCUT2D eigenvalue weighted by atomic mass is 10.1. The van der Waals surface area contributed by atoms with E-state index in [4.69, 9.17) is 4.74 Å². The maximum atomic E-state index is 12.7. The maximum absolute atomic E-state index is 12.7. The van der Waals surface area contributed by atoms with Crippen LogP contribution in [0.2, 0.25) is 0 Å². The highest BCUT2D eigenvalue weighted by Crippen LogP contribution is 2.28. The molecular weight excluding hydrogens is 306 g/mol. The lowest BCUT2D eigenvalue weighted by molar-refractivity contribution is -0.137. The van der Waals surface area contributed by atoms with Gasteiger partial charge in [-0.15, -0.1) is 0 Å². The van der Waals surface area contributed by atoms with Crippen LogP contribution in [0.15, 0.2) is 24.3 Å². The summed E-state index contributed by atoms with van der Waals surface area (Å²) in [7, 11) is 1.61. The van der Waals surface area contributed by atoms with Crippen LogP contribution in [0.25, 0.3) is 0 Å². The van der Waals surface area contributed by atoms with Gasteiger partial charge in [-0.05, 0) is 30.8 Å². The van der Waals surface area contributed by atoms with Crippen LogP contribution in [0.1, 0.15) is 13.3 Å². The van der Waals surface area contributed by atoms with E-state index in [1.165, 1.54) is 0 Å². The molecule has 0 N–H and O–H groups in total. The van der Waals surface area contributed by atoms with Gasteiger partial charge in [0, 0.05) is 44.8 Å². The summed E-state index contributed by atoms with van der Waals surface area (Å²) in [5, 5.41) is 0. The first-order valence-electron chi connectivity index (χ1n) is 8.58. The highest BCUT2D eigenvalue weighted by Gasteiger charge is 2.37. The lowest BCUT2D eigenvalue weighted by Crippen LogP contribution is -2.50. The van der Waals surface area contributed by atoms with Crippen LogP contribution in [0.4, 0.5) is 5.69 Å². The van der Waals surface area contributed by atoms with Crippen molar-refractivity contribution in [2.45, 2.75) is 13.3 Å². The molecule has 0 radical (unpaired) electrons. The smallest absolute Gasteiger partial charge is 0.228 e. The Morgan fingerprint density at radius 1 is 1.17 bits per heavy atom.